The van der Waals surface area contributed by atoms with Gasteiger partial charge in [-0.3, -0.25) is 0 Å². The van der Waals surface area contributed by atoms with Crippen LogP contribution in [-0.4, -0.2) is 28.6 Å². The number of hydrogen-bond acceptors (Lipinski definition) is 3. The average Bonchev–Trinajstić information content (AvgIpc) is 2.94. The van der Waals surface area contributed by atoms with Crippen molar-refractivity contribution in [3.63, 3.8) is 0 Å². The number of carboxylic acid groups (broad SMARTS) is 1. The Morgan fingerprint density at radius 2 is 2.15 bits per heavy atom. The van der Waals surface area contributed by atoms with Crippen molar-refractivity contribution in [2.45, 2.75) is 51.5 Å². The van der Waals surface area contributed by atoms with Crippen molar-refractivity contribution in [1.82, 2.24) is 4.98 Å². The lowest BCUT2D eigenvalue weighted by Crippen LogP contribution is -2.43. The summed E-state index contributed by atoms with van der Waals surface area (Å²) in [5, 5.41) is 9.27. The van der Waals surface area contributed by atoms with E-state index in [1.807, 2.05) is 6.92 Å². The van der Waals surface area contributed by atoms with E-state index in [4.69, 9.17) is 0 Å². The van der Waals surface area contributed by atoms with Crippen molar-refractivity contribution < 1.29 is 9.90 Å². The molecular formula is C16H22N2O2. The molecule has 3 rings (SSSR count). The molecule has 0 aromatic carbocycles. The summed E-state index contributed by atoms with van der Waals surface area (Å²) in [6, 6.07) is 4.02. The molecule has 4 heteroatoms. The molecular weight excluding hydrogens is 252 g/mol. The highest BCUT2D eigenvalue weighted by molar-refractivity contribution is 5.88. The molecule has 2 heterocycles. The molecule has 1 N–H and O–H groups in total. The Labute approximate surface area is 119 Å². The lowest BCUT2D eigenvalue weighted by atomic mass is 9.92. The molecule has 4 nitrogen and oxygen atoms in total. The Morgan fingerprint density at radius 1 is 1.35 bits per heavy atom. The number of aryl methyl sites for hydroxylation is 1. The van der Waals surface area contributed by atoms with Gasteiger partial charge in [0.15, 0.2) is 0 Å². The summed E-state index contributed by atoms with van der Waals surface area (Å²) < 4.78 is 0. The highest BCUT2D eigenvalue weighted by Gasteiger charge is 2.35. The number of rotatable bonds is 3. The zero-order chi connectivity index (χ0) is 14.1. The van der Waals surface area contributed by atoms with Crippen LogP contribution in [0.2, 0.25) is 0 Å². The van der Waals surface area contributed by atoms with Gasteiger partial charge in [-0.15, -0.1) is 0 Å². The molecule has 1 saturated heterocycles. The number of aromatic carboxylic acids is 1. The molecule has 2 atom stereocenters. The summed E-state index contributed by atoms with van der Waals surface area (Å²) in [6.07, 6.45) is 7.13. The maximum atomic E-state index is 11.3. The number of fused-ring (bicyclic) bond motifs is 1. The van der Waals surface area contributed by atoms with Crippen molar-refractivity contribution in [2.75, 3.05) is 11.4 Å². The second-order valence-electron chi connectivity index (χ2n) is 5.96. The number of carboxylic acids is 1. The SMILES string of the molecule is CCc1cc(C(=O)O)cc(N2CCCC3CCCC32)n1. The summed E-state index contributed by atoms with van der Waals surface area (Å²) in [5.41, 5.74) is 1.24. The first kappa shape index (κ1) is 13.4. The second-order valence-corrected chi connectivity index (χ2v) is 5.96. The molecule has 1 aromatic heterocycles. The van der Waals surface area contributed by atoms with E-state index in [-0.39, 0.29) is 0 Å². The van der Waals surface area contributed by atoms with Crippen LogP contribution in [0.3, 0.4) is 0 Å². The molecule has 1 aromatic rings. The van der Waals surface area contributed by atoms with Gasteiger partial charge in [0.25, 0.3) is 0 Å². The van der Waals surface area contributed by atoms with E-state index in [9.17, 15) is 9.90 Å². The number of pyridine rings is 1. The van der Waals surface area contributed by atoms with Gasteiger partial charge in [0.2, 0.25) is 0 Å². The van der Waals surface area contributed by atoms with Gasteiger partial charge in [-0.1, -0.05) is 13.3 Å². The van der Waals surface area contributed by atoms with Gasteiger partial charge in [0.05, 0.1) is 5.56 Å². The third-order valence-corrected chi connectivity index (χ3v) is 4.76. The Morgan fingerprint density at radius 3 is 2.90 bits per heavy atom. The van der Waals surface area contributed by atoms with E-state index < -0.39 is 5.97 Å². The predicted octanol–water partition coefficient (Wildman–Crippen LogP) is 3.11. The zero-order valence-corrected chi connectivity index (χ0v) is 12.0. The molecule has 0 amide bonds. The van der Waals surface area contributed by atoms with Crippen LogP contribution < -0.4 is 4.90 Å². The topological polar surface area (TPSA) is 53.4 Å². The fourth-order valence-corrected chi connectivity index (χ4v) is 3.76. The summed E-state index contributed by atoms with van der Waals surface area (Å²) in [6.45, 7) is 3.03. The second kappa shape index (κ2) is 5.43. The highest BCUT2D eigenvalue weighted by Crippen LogP contribution is 2.38. The van der Waals surface area contributed by atoms with E-state index in [1.165, 1.54) is 32.1 Å². The first-order valence-electron chi connectivity index (χ1n) is 7.70. The first-order chi connectivity index (χ1) is 9.69. The van der Waals surface area contributed by atoms with Gasteiger partial charge in [-0.05, 0) is 50.2 Å². The third kappa shape index (κ3) is 2.39. The van der Waals surface area contributed by atoms with Crippen LogP contribution in [0.15, 0.2) is 12.1 Å². The largest absolute Gasteiger partial charge is 0.478 e. The van der Waals surface area contributed by atoms with Gasteiger partial charge >= 0.3 is 5.97 Å². The quantitative estimate of drug-likeness (QED) is 0.920. The Balaban J connectivity index is 1.95. The number of nitrogens with zero attached hydrogens (tertiary/aromatic N) is 2. The lowest BCUT2D eigenvalue weighted by molar-refractivity contribution is 0.0696. The van der Waals surface area contributed by atoms with Crippen LogP contribution in [-0.2, 0) is 6.42 Å². The number of piperidine rings is 1. The normalized spacial score (nSPS) is 25.6. The lowest BCUT2D eigenvalue weighted by Gasteiger charge is -2.39. The van der Waals surface area contributed by atoms with E-state index >= 15 is 0 Å². The van der Waals surface area contributed by atoms with Gasteiger partial charge in [0.1, 0.15) is 5.82 Å². The van der Waals surface area contributed by atoms with Crippen molar-refractivity contribution in [2.24, 2.45) is 5.92 Å². The number of aromatic nitrogens is 1. The van der Waals surface area contributed by atoms with Crippen LogP contribution in [0.1, 0.15) is 55.1 Å². The van der Waals surface area contributed by atoms with Crippen molar-refractivity contribution >= 4 is 11.8 Å². The van der Waals surface area contributed by atoms with Crippen LogP contribution in [0.5, 0.6) is 0 Å². The molecule has 1 saturated carbocycles. The minimum atomic E-state index is -0.858. The summed E-state index contributed by atoms with van der Waals surface area (Å²) in [4.78, 5) is 18.3. The minimum absolute atomic E-state index is 0.368. The summed E-state index contributed by atoms with van der Waals surface area (Å²) in [7, 11) is 0. The molecule has 1 aliphatic carbocycles. The predicted molar refractivity (Wildman–Crippen MR) is 78.3 cm³/mol. The molecule has 2 fully saturated rings. The monoisotopic (exact) mass is 274 g/mol. The van der Waals surface area contributed by atoms with E-state index in [0.29, 0.717) is 11.6 Å². The number of hydrogen-bond donors (Lipinski definition) is 1. The van der Waals surface area contributed by atoms with Gasteiger partial charge < -0.3 is 10.0 Å². The third-order valence-electron chi connectivity index (χ3n) is 4.76. The highest BCUT2D eigenvalue weighted by atomic mass is 16.4. The van der Waals surface area contributed by atoms with Gasteiger partial charge in [-0.2, -0.15) is 0 Å². The van der Waals surface area contributed by atoms with E-state index in [2.05, 4.69) is 9.88 Å². The fourth-order valence-electron chi connectivity index (χ4n) is 3.76. The Kier molecular flexibility index (Phi) is 3.64. The molecule has 20 heavy (non-hydrogen) atoms. The van der Waals surface area contributed by atoms with E-state index in [1.54, 1.807) is 12.1 Å². The smallest absolute Gasteiger partial charge is 0.335 e. The standard InChI is InChI=1S/C16H22N2O2/c1-2-13-9-12(16(19)20)10-15(17-13)18-8-4-6-11-5-3-7-14(11)18/h9-11,14H,2-8H2,1H3,(H,19,20). The van der Waals surface area contributed by atoms with Crippen LogP contribution in [0.25, 0.3) is 0 Å². The number of anilines is 1. The summed E-state index contributed by atoms with van der Waals surface area (Å²) in [5.74, 6) is 0.797. The maximum Gasteiger partial charge on any atom is 0.335 e. The van der Waals surface area contributed by atoms with Gasteiger partial charge in [0, 0.05) is 18.3 Å². The summed E-state index contributed by atoms with van der Waals surface area (Å²) >= 11 is 0. The maximum absolute atomic E-state index is 11.3. The minimum Gasteiger partial charge on any atom is -0.478 e. The fraction of sp³-hybridized carbons (Fsp3) is 0.625. The zero-order valence-electron chi connectivity index (χ0n) is 12.0. The van der Waals surface area contributed by atoms with Crippen LogP contribution >= 0.6 is 0 Å². The molecule has 108 valence electrons. The molecule has 0 spiro atoms. The Bertz CT molecular complexity index is 515. The molecule has 2 unspecified atom stereocenters. The molecule has 1 aliphatic heterocycles. The first-order valence-corrected chi connectivity index (χ1v) is 7.70. The number of carbonyl (C=O) groups is 1. The van der Waals surface area contributed by atoms with Crippen molar-refractivity contribution in [3.05, 3.63) is 23.4 Å². The van der Waals surface area contributed by atoms with Gasteiger partial charge in [-0.25, -0.2) is 9.78 Å². The Hall–Kier alpha value is -1.58. The van der Waals surface area contributed by atoms with E-state index in [0.717, 1.165) is 30.4 Å². The van der Waals surface area contributed by atoms with Crippen LogP contribution in [0, 0.1) is 5.92 Å². The molecule has 0 bridgehead atoms. The molecule has 0 radical (unpaired) electrons. The average molecular weight is 274 g/mol. The van der Waals surface area contributed by atoms with Crippen molar-refractivity contribution in [1.29, 1.82) is 0 Å². The molecule has 2 aliphatic rings. The van der Waals surface area contributed by atoms with Crippen LogP contribution in [0.4, 0.5) is 5.82 Å². The van der Waals surface area contributed by atoms with Crippen molar-refractivity contribution in [3.8, 4) is 0 Å².